The van der Waals surface area contributed by atoms with Crippen LogP contribution in [-0.2, 0) is 21.1 Å². The van der Waals surface area contributed by atoms with Gasteiger partial charge in [-0.3, -0.25) is 4.79 Å². The van der Waals surface area contributed by atoms with Crippen molar-refractivity contribution >= 4 is 15.6 Å². The molecule has 0 heterocycles. The average molecular weight is 268 g/mol. The van der Waals surface area contributed by atoms with E-state index in [1.807, 2.05) is 32.9 Å². The zero-order valence-corrected chi connectivity index (χ0v) is 12.4. The molecule has 0 saturated carbocycles. The lowest BCUT2D eigenvalue weighted by Crippen LogP contribution is -2.28. The highest BCUT2D eigenvalue weighted by Gasteiger charge is 2.24. The second-order valence-corrected chi connectivity index (χ2v) is 7.36. The van der Waals surface area contributed by atoms with E-state index in [0.29, 0.717) is 0 Å². The van der Waals surface area contributed by atoms with Crippen LogP contribution in [-0.4, -0.2) is 25.7 Å². The summed E-state index contributed by atoms with van der Waals surface area (Å²) in [6.07, 6.45) is 1.29. The summed E-state index contributed by atoms with van der Waals surface area (Å²) in [6, 6.07) is 4.03. The Morgan fingerprint density at radius 3 is 2.00 bits per heavy atom. The van der Waals surface area contributed by atoms with Crippen molar-refractivity contribution in [1.29, 1.82) is 0 Å². The van der Waals surface area contributed by atoms with Gasteiger partial charge < -0.3 is 0 Å². The molecule has 18 heavy (non-hydrogen) atoms. The van der Waals surface area contributed by atoms with Crippen molar-refractivity contribution < 1.29 is 13.2 Å². The van der Waals surface area contributed by atoms with Crippen LogP contribution in [0.3, 0.4) is 0 Å². The predicted octanol–water partition coefficient (Wildman–Crippen LogP) is 2.16. The summed E-state index contributed by atoms with van der Waals surface area (Å²) in [5, 5.41) is -0.933. The number of sulfone groups is 1. The number of Topliss-reactive ketones (excluding diaryl/α,β-unsaturated/α-hetero) is 1. The van der Waals surface area contributed by atoms with Crippen LogP contribution in [0.5, 0.6) is 0 Å². The Morgan fingerprint density at radius 2 is 1.61 bits per heavy atom. The van der Waals surface area contributed by atoms with Crippen molar-refractivity contribution in [2.24, 2.45) is 0 Å². The molecule has 0 fully saturated rings. The number of aryl methyl sites for hydroxylation is 3. The molecular formula is C14H20O3S. The number of hydrogen-bond donors (Lipinski definition) is 0. The van der Waals surface area contributed by atoms with Gasteiger partial charge in [-0.15, -0.1) is 0 Å². The van der Waals surface area contributed by atoms with Gasteiger partial charge in [0.25, 0.3) is 0 Å². The molecule has 1 rings (SSSR count). The van der Waals surface area contributed by atoms with Gasteiger partial charge in [0.15, 0.2) is 15.6 Å². The Labute approximate surface area is 109 Å². The van der Waals surface area contributed by atoms with E-state index in [4.69, 9.17) is 0 Å². The Balaban J connectivity index is 3.03. The van der Waals surface area contributed by atoms with Crippen molar-refractivity contribution in [3.05, 3.63) is 34.4 Å². The molecule has 100 valence electrons. The van der Waals surface area contributed by atoms with Crippen molar-refractivity contribution in [1.82, 2.24) is 0 Å². The molecule has 0 radical (unpaired) electrons. The quantitative estimate of drug-likeness (QED) is 0.841. The van der Waals surface area contributed by atoms with Crippen molar-refractivity contribution in [2.45, 2.75) is 39.4 Å². The highest BCUT2D eigenvalue weighted by Crippen LogP contribution is 2.18. The van der Waals surface area contributed by atoms with Gasteiger partial charge >= 0.3 is 0 Å². The molecule has 1 atom stereocenters. The highest BCUT2D eigenvalue weighted by molar-refractivity contribution is 7.92. The largest absolute Gasteiger partial charge is 0.298 e. The third-order valence-corrected chi connectivity index (χ3v) is 4.83. The maximum absolute atomic E-state index is 12.0. The Kier molecular flexibility index (Phi) is 4.32. The number of ketones is 1. The van der Waals surface area contributed by atoms with E-state index in [9.17, 15) is 13.2 Å². The summed E-state index contributed by atoms with van der Waals surface area (Å²) in [7, 11) is -3.31. The first kappa shape index (κ1) is 14.9. The molecular weight excluding hydrogens is 248 g/mol. The van der Waals surface area contributed by atoms with Crippen molar-refractivity contribution in [2.75, 3.05) is 6.26 Å². The molecule has 0 bridgehead atoms. The van der Waals surface area contributed by atoms with Crippen LogP contribution in [0.1, 0.15) is 29.2 Å². The number of carbonyl (C=O) groups is 1. The Hall–Kier alpha value is -1.16. The summed E-state index contributed by atoms with van der Waals surface area (Å²) in [5.41, 5.74) is 4.18. The molecule has 1 aromatic carbocycles. The zero-order chi connectivity index (χ0) is 14.1. The third-order valence-electron chi connectivity index (χ3n) is 3.29. The van der Waals surface area contributed by atoms with Crippen LogP contribution in [0.4, 0.5) is 0 Å². The fourth-order valence-electron chi connectivity index (χ4n) is 2.05. The minimum absolute atomic E-state index is 0.187. The summed E-state index contributed by atoms with van der Waals surface area (Å²) in [4.78, 5) is 12.0. The van der Waals surface area contributed by atoms with Gasteiger partial charge in [0.1, 0.15) is 5.25 Å². The zero-order valence-electron chi connectivity index (χ0n) is 11.6. The SMILES string of the molecule is Cc1cc(C)c(CC(=O)C(C)S(C)(=O)=O)c(C)c1. The predicted molar refractivity (Wildman–Crippen MR) is 73.7 cm³/mol. The molecule has 1 unspecified atom stereocenters. The van der Waals surface area contributed by atoms with Gasteiger partial charge in [-0.25, -0.2) is 8.42 Å². The molecule has 0 spiro atoms. The van der Waals surface area contributed by atoms with E-state index in [0.717, 1.165) is 28.5 Å². The summed E-state index contributed by atoms with van der Waals surface area (Å²) in [5.74, 6) is -0.243. The smallest absolute Gasteiger partial charge is 0.157 e. The fourth-order valence-corrected chi connectivity index (χ4v) is 2.61. The molecule has 0 amide bonds. The molecule has 0 N–H and O–H groups in total. The van der Waals surface area contributed by atoms with Crippen LogP contribution in [0.2, 0.25) is 0 Å². The first-order chi connectivity index (χ1) is 8.12. The first-order valence-corrected chi connectivity index (χ1v) is 7.86. The van der Waals surface area contributed by atoms with E-state index in [-0.39, 0.29) is 12.2 Å². The van der Waals surface area contributed by atoms with Gasteiger partial charge in [-0.1, -0.05) is 17.7 Å². The summed E-state index contributed by atoms with van der Waals surface area (Å²) < 4.78 is 22.7. The number of rotatable bonds is 4. The molecule has 0 saturated heterocycles. The number of carbonyl (C=O) groups excluding carboxylic acids is 1. The second kappa shape index (κ2) is 5.22. The molecule has 3 nitrogen and oxygen atoms in total. The van der Waals surface area contributed by atoms with E-state index >= 15 is 0 Å². The van der Waals surface area contributed by atoms with Gasteiger partial charge in [0, 0.05) is 12.7 Å². The monoisotopic (exact) mass is 268 g/mol. The lowest BCUT2D eigenvalue weighted by molar-refractivity contribution is -0.117. The maximum atomic E-state index is 12.0. The van der Waals surface area contributed by atoms with Gasteiger partial charge in [-0.2, -0.15) is 0 Å². The van der Waals surface area contributed by atoms with Gasteiger partial charge in [0.2, 0.25) is 0 Å². The summed E-state index contributed by atoms with van der Waals surface area (Å²) in [6.45, 7) is 7.36. The highest BCUT2D eigenvalue weighted by atomic mass is 32.2. The molecule has 0 aliphatic carbocycles. The second-order valence-electron chi connectivity index (χ2n) is 4.99. The minimum atomic E-state index is -3.31. The van der Waals surface area contributed by atoms with Crippen LogP contribution < -0.4 is 0 Å². The first-order valence-electron chi connectivity index (χ1n) is 5.91. The Morgan fingerprint density at radius 1 is 1.17 bits per heavy atom. The molecule has 0 aromatic heterocycles. The van der Waals surface area contributed by atoms with E-state index < -0.39 is 15.1 Å². The number of hydrogen-bond acceptors (Lipinski definition) is 3. The van der Waals surface area contributed by atoms with Crippen molar-refractivity contribution in [3.8, 4) is 0 Å². The average Bonchev–Trinajstić information content (AvgIpc) is 2.20. The third kappa shape index (κ3) is 3.42. The fraction of sp³-hybridized carbons (Fsp3) is 0.500. The van der Waals surface area contributed by atoms with Crippen LogP contribution in [0.25, 0.3) is 0 Å². The van der Waals surface area contributed by atoms with Gasteiger partial charge in [-0.05, 0) is 44.4 Å². The van der Waals surface area contributed by atoms with Crippen molar-refractivity contribution in [3.63, 3.8) is 0 Å². The van der Waals surface area contributed by atoms with E-state index in [1.54, 1.807) is 0 Å². The van der Waals surface area contributed by atoms with E-state index in [1.165, 1.54) is 6.92 Å². The lowest BCUT2D eigenvalue weighted by Gasteiger charge is -2.13. The lowest BCUT2D eigenvalue weighted by atomic mass is 9.95. The molecule has 1 aromatic rings. The van der Waals surface area contributed by atoms with Crippen LogP contribution in [0, 0.1) is 20.8 Å². The molecule has 4 heteroatoms. The minimum Gasteiger partial charge on any atom is -0.298 e. The summed E-state index contributed by atoms with van der Waals surface area (Å²) >= 11 is 0. The van der Waals surface area contributed by atoms with E-state index in [2.05, 4.69) is 0 Å². The number of benzene rings is 1. The van der Waals surface area contributed by atoms with Crippen LogP contribution in [0.15, 0.2) is 12.1 Å². The maximum Gasteiger partial charge on any atom is 0.157 e. The van der Waals surface area contributed by atoms with Crippen LogP contribution >= 0.6 is 0 Å². The molecule has 0 aliphatic heterocycles. The van der Waals surface area contributed by atoms with Gasteiger partial charge in [0.05, 0.1) is 0 Å². The molecule has 0 aliphatic rings. The standard InChI is InChI=1S/C14H20O3S/c1-9-6-10(2)13(11(3)7-9)8-14(15)12(4)18(5,16)17/h6-7,12H,8H2,1-5H3. The normalized spacial score (nSPS) is 13.4. The Bertz CT molecular complexity index is 548. The topological polar surface area (TPSA) is 51.2 Å².